The van der Waals surface area contributed by atoms with Gasteiger partial charge in [-0.25, -0.2) is 0 Å². The molecule has 0 saturated heterocycles. The van der Waals surface area contributed by atoms with Crippen LogP contribution in [0.4, 0.5) is 0 Å². The average molecular weight is 401 g/mol. The van der Waals surface area contributed by atoms with E-state index in [4.69, 9.17) is 11.6 Å². The molecule has 7 heteroatoms. The van der Waals surface area contributed by atoms with E-state index in [0.29, 0.717) is 5.02 Å². The van der Waals surface area contributed by atoms with Crippen molar-refractivity contribution >= 4 is 29.3 Å². The van der Waals surface area contributed by atoms with Gasteiger partial charge < -0.3 is 9.88 Å². The van der Waals surface area contributed by atoms with Crippen molar-refractivity contribution in [2.45, 2.75) is 31.6 Å². The molecule has 0 radical (unpaired) electrons. The largest absolute Gasteiger partial charge is 0.349 e. The highest BCUT2D eigenvalue weighted by Crippen LogP contribution is 2.25. The van der Waals surface area contributed by atoms with Crippen LogP contribution in [0.25, 0.3) is 11.4 Å². The third-order valence-corrected chi connectivity index (χ3v) is 5.46. The van der Waals surface area contributed by atoms with E-state index in [9.17, 15) is 4.79 Å². The molecule has 0 aliphatic carbocycles. The maximum atomic E-state index is 12.4. The number of aromatic nitrogens is 3. The number of thioether (sulfide) groups is 1. The summed E-state index contributed by atoms with van der Waals surface area (Å²) >= 11 is 7.58. The fourth-order valence-electron chi connectivity index (χ4n) is 2.80. The number of rotatable bonds is 7. The van der Waals surface area contributed by atoms with Crippen LogP contribution in [0, 0.1) is 0 Å². The topological polar surface area (TPSA) is 59.8 Å². The SMILES string of the molecule is CCn1c(SCC(=O)NC(C)c2ccccc2Cl)nnc1-c1ccccc1. The van der Waals surface area contributed by atoms with Gasteiger partial charge in [0.1, 0.15) is 0 Å². The summed E-state index contributed by atoms with van der Waals surface area (Å²) in [6, 6.07) is 17.3. The first-order valence-electron chi connectivity index (χ1n) is 8.75. The van der Waals surface area contributed by atoms with Crippen LogP contribution in [0.5, 0.6) is 0 Å². The van der Waals surface area contributed by atoms with Crippen molar-refractivity contribution in [3.8, 4) is 11.4 Å². The first kappa shape index (κ1) is 19.5. The van der Waals surface area contributed by atoms with E-state index in [0.717, 1.165) is 28.7 Å². The van der Waals surface area contributed by atoms with Gasteiger partial charge >= 0.3 is 0 Å². The van der Waals surface area contributed by atoms with Crippen LogP contribution in [0.1, 0.15) is 25.5 Å². The number of halogens is 1. The molecule has 0 spiro atoms. The molecule has 2 aromatic carbocycles. The zero-order valence-corrected chi connectivity index (χ0v) is 16.8. The first-order chi connectivity index (χ1) is 13.1. The van der Waals surface area contributed by atoms with Crippen LogP contribution in [-0.4, -0.2) is 26.4 Å². The van der Waals surface area contributed by atoms with Crippen LogP contribution < -0.4 is 5.32 Å². The molecule has 5 nitrogen and oxygen atoms in total. The van der Waals surface area contributed by atoms with Gasteiger partial charge in [-0.2, -0.15) is 0 Å². The van der Waals surface area contributed by atoms with Gasteiger partial charge in [-0.05, 0) is 25.5 Å². The minimum atomic E-state index is -0.157. The van der Waals surface area contributed by atoms with Crippen molar-refractivity contribution in [2.24, 2.45) is 0 Å². The second-order valence-electron chi connectivity index (χ2n) is 6.02. The van der Waals surface area contributed by atoms with Crippen molar-refractivity contribution in [3.05, 3.63) is 65.2 Å². The Morgan fingerprint density at radius 2 is 1.85 bits per heavy atom. The van der Waals surface area contributed by atoms with Crippen molar-refractivity contribution in [3.63, 3.8) is 0 Å². The van der Waals surface area contributed by atoms with Gasteiger partial charge in [0.05, 0.1) is 11.8 Å². The molecule has 0 fully saturated rings. The number of carbonyl (C=O) groups is 1. The lowest BCUT2D eigenvalue weighted by molar-refractivity contribution is -0.119. The number of hydrogen-bond donors (Lipinski definition) is 1. The zero-order chi connectivity index (χ0) is 19.2. The Bertz CT molecular complexity index is 913. The monoisotopic (exact) mass is 400 g/mol. The Labute approximate surface area is 168 Å². The van der Waals surface area contributed by atoms with Crippen molar-refractivity contribution in [1.29, 1.82) is 0 Å². The number of nitrogens with one attached hydrogen (secondary N) is 1. The molecule has 27 heavy (non-hydrogen) atoms. The lowest BCUT2D eigenvalue weighted by Crippen LogP contribution is -2.28. The van der Waals surface area contributed by atoms with Crippen LogP contribution in [0.15, 0.2) is 59.8 Å². The Kier molecular flexibility index (Phi) is 6.53. The molecule has 1 amide bonds. The van der Waals surface area contributed by atoms with Gasteiger partial charge in [-0.3, -0.25) is 4.79 Å². The molecule has 1 atom stereocenters. The highest BCUT2D eigenvalue weighted by Gasteiger charge is 2.16. The number of nitrogens with zero attached hydrogens (tertiary/aromatic N) is 3. The zero-order valence-electron chi connectivity index (χ0n) is 15.2. The summed E-state index contributed by atoms with van der Waals surface area (Å²) in [5.41, 5.74) is 1.91. The molecular formula is C20H21ClN4OS. The minimum absolute atomic E-state index is 0.0701. The quantitative estimate of drug-likeness (QED) is 0.589. The maximum absolute atomic E-state index is 12.4. The summed E-state index contributed by atoms with van der Waals surface area (Å²) < 4.78 is 2.02. The summed E-state index contributed by atoms with van der Waals surface area (Å²) in [6.45, 7) is 4.70. The lowest BCUT2D eigenvalue weighted by atomic mass is 10.1. The molecule has 0 saturated carbocycles. The van der Waals surface area contributed by atoms with E-state index in [1.165, 1.54) is 11.8 Å². The Balaban J connectivity index is 1.64. The van der Waals surface area contributed by atoms with E-state index in [-0.39, 0.29) is 17.7 Å². The highest BCUT2D eigenvalue weighted by molar-refractivity contribution is 7.99. The predicted octanol–water partition coefficient (Wildman–Crippen LogP) is 4.59. The second-order valence-corrected chi connectivity index (χ2v) is 7.37. The van der Waals surface area contributed by atoms with Crippen LogP contribution in [0.3, 0.4) is 0 Å². The van der Waals surface area contributed by atoms with Crippen molar-refractivity contribution in [2.75, 3.05) is 5.75 Å². The van der Waals surface area contributed by atoms with E-state index < -0.39 is 0 Å². The summed E-state index contributed by atoms with van der Waals surface area (Å²) in [5, 5.41) is 12.9. The maximum Gasteiger partial charge on any atom is 0.230 e. The fourth-order valence-corrected chi connectivity index (χ4v) is 3.91. The second kappa shape index (κ2) is 9.06. The molecule has 3 aromatic rings. The van der Waals surface area contributed by atoms with Gasteiger partial charge in [0.25, 0.3) is 0 Å². The molecular weight excluding hydrogens is 380 g/mol. The molecule has 3 rings (SSSR count). The summed E-state index contributed by atoms with van der Waals surface area (Å²) in [7, 11) is 0. The molecule has 1 unspecified atom stereocenters. The molecule has 0 aliphatic heterocycles. The summed E-state index contributed by atoms with van der Waals surface area (Å²) in [5.74, 6) is 1.01. The fraction of sp³-hybridized carbons (Fsp3) is 0.250. The average Bonchev–Trinajstić information content (AvgIpc) is 3.10. The van der Waals surface area contributed by atoms with Gasteiger partial charge in [-0.15, -0.1) is 10.2 Å². The third-order valence-electron chi connectivity index (χ3n) is 4.15. The summed E-state index contributed by atoms with van der Waals surface area (Å²) in [6.07, 6.45) is 0. The van der Waals surface area contributed by atoms with E-state index >= 15 is 0 Å². The lowest BCUT2D eigenvalue weighted by Gasteiger charge is -2.15. The number of amides is 1. The van der Waals surface area contributed by atoms with E-state index in [2.05, 4.69) is 15.5 Å². The molecule has 1 heterocycles. The van der Waals surface area contributed by atoms with Crippen LogP contribution in [-0.2, 0) is 11.3 Å². The molecule has 140 valence electrons. The Morgan fingerprint density at radius 3 is 2.56 bits per heavy atom. The van der Waals surface area contributed by atoms with Gasteiger partial charge in [-0.1, -0.05) is 71.9 Å². The van der Waals surface area contributed by atoms with Crippen molar-refractivity contribution < 1.29 is 4.79 Å². The van der Waals surface area contributed by atoms with E-state index in [1.807, 2.05) is 73.0 Å². The number of carbonyl (C=O) groups excluding carboxylic acids is 1. The van der Waals surface area contributed by atoms with Gasteiger partial charge in [0.15, 0.2) is 11.0 Å². The summed E-state index contributed by atoms with van der Waals surface area (Å²) in [4.78, 5) is 12.4. The Hall–Kier alpha value is -2.31. The van der Waals surface area contributed by atoms with Gasteiger partial charge in [0.2, 0.25) is 5.91 Å². The first-order valence-corrected chi connectivity index (χ1v) is 10.1. The highest BCUT2D eigenvalue weighted by atomic mass is 35.5. The molecule has 0 aliphatic rings. The number of hydrogen-bond acceptors (Lipinski definition) is 4. The Morgan fingerprint density at radius 1 is 1.15 bits per heavy atom. The standard InChI is InChI=1S/C20H21ClN4OS/c1-3-25-19(15-9-5-4-6-10-15)23-24-20(25)27-13-18(26)22-14(2)16-11-7-8-12-17(16)21/h4-12,14H,3,13H2,1-2H3,(H,22,26). The van der Waals surface area contributed by atoms with Gasteiger partial charge in [0, 0.05) is 17.1 Å². The van der Waals surface area contributed by atoms with Crippen LogP contribution in [0.2, 0.25) is 5.02 Å². The van der Waals surface area contributed by atoms with E-state index in [1.54, 1.807) is 0 Å². The third kappa shape index (κ3) is 4.70. The molecule has 1 aromatic heterocycles. The predicted molar refractivity (Wildman–Crippen MR) is 110 cm³/mol. The normalized spacial score (nSPS) is 12.0. The molecule has 0 bridgehead atoms. The molecule has 1 N–H and O–H groups in total. The van der Waals surface area contributed by atoms with Crippen LogP contribution >= 0.6 is 23.4 Å². The smallest absolute Gasteiger partial charge is 0.230 e. The number of benzene rings is 2. The minimum Gasteiger partial charge on any atom is -0.349 e. The van der Waals surface area contributed by atoms with Crippen molar-refractivity contribution in [1.82, 2.24) is 20.1 Å².